The Morgan fingerprint density at radius 2 is 2.21 bits per heavy atom. The first-order chi connectivity index (χ1) is 6.61. The molecule has 1 unspecified atom stereocenters. The van der Waals surface area contributed by atoms with Crippen LogP contribution >= 0.6 is 0 Å². The van der Waals surface area contributed by atoms with Gasteiger partial charge < -0.3 is 5.32 Å². The number of halogens is 2. The molecule has 0 aliphatic carbocycles. The molecule has 0 radical (unpaired) electrons. The van der Waals surface area contributed by atoms with Crippen molar-refractivity contribution in [1.29, 1.82) is 0 Å². The molecule has 1 aromatic rings. The summed E-state index contributed by atoms with van der Waals surface area (Å²) >= 11 is 0. The maximum Gasteiger partial charge on any atom is 0.253 e. The van der Waals surface area contributed by atoms with Crippen LogP contribution in [0.15, 0.2) is 18.5 Å². The molecule has 0 amide bonds. The second-order valence-electron chi connectivity index (χ2n) is 3.31. The molecule has 1 aromatic heterocycles. The van der Waals surface area contributed by atoms with E-state index in [4.69, 9.17) is 0 Å². The van der Waals surface area contributed by atoms with Gasteiger partial charge in [0, 0.05) is 18.9 Å². The molecule has 0 aromatic carbocycles. The number of aryl methyl sites for hydroxylation is 1. The lowest BCUT2D eigenvalue weighted by Gasteiger charge is -2.13. The van der Waals surface area contributed by atoms with Crippen molar-refractivity contribution in [3.63, 3.8) is 0 Å². The number of hydrogen-bond acceptors (Lipinski definition) is 2. The van der Waals surface area contributed by atoms with E-state index < -0.39 is 12.5 Å². The van der Waals surface area contributed by atoms with E-state index in [9.17, 15) is 8.78 Å². The van der Waals surface area contributed by atoms with Crippen LogP contribution in [0.5, 0.6) is 0 Å². The van der Waals surface area contributed by atoms with Crippen LogP contribution in [0.1, 0.15) is 18.1 Å². The van der Waals surface area contributed by atoms with Crippen LogP contribution in [0.3, 0.4) is 0 Å². The van der Waals surface area contributed by atoms with E-state index in [0.717, 1.165) is 11.1 Å². The van der Waals surface area contributed by atoms with Crippen molar-refractivity contribution < 1.29 is 8.78 Å². The summed E-state index contributed by atoms with van der Waals surface area (Å²) < 4.78 is 24.3. The molecular weight excluding hydrogens is 186 g/mol. The number of pyridine rings is 1. The molecule has 4 heteroatoms. The highest BCUT2D eigenvalue weighted by Crippen LogP contribution is 2.06. The van der Waals surface area contributed by atoms with Crippen molar-refractivity contribution in [2.75, 3.05) is 0 Å². The van der Waals surface area contributed by atoms with E-state index in [2.05, 4.69) is 10.3 Å². The average Bonchev–Trinajstić information content (AvgIpc) is 2.16. The van der Waals surface area contributed by atoms with Crippen LogP contribution in [0.2, 0.25) is 0 Å². The third-order valence-corrected chi connectivity index (χ3v) is 2.13. The lowest BCUT2D eigenvalue weighted by Crippen LogP contribution is -2.32. The van der Waals surface area contributed by atoms with Crippen LogP contribution in [0.25, 0.3) is 0 Å². The zero-order chi connectivity index (χ0) is 10.6. The van der Waals surface area contributed by atoms with Crippen LogP contribution in [0.4, 0.5) is 8.78 Å². The second-order valence-corrected chi connectivity index (χ2v) is 3.31. The third kappa shape index (κ3) is 3.03. The molecule has 1 atom stereocenters. The van der Waals surface area contributed by atoms with Gasteiger partial charge in [-0.3, -0.25) is 4.98 Å². The summed E-state index contributed by atoms with van der Waals surface area (Å²) in [6.45, 7) is 3.85. The Morgan fingerprint density at radius 1 is 1.50 bits per heavy atom. The van der Waals surface area contributed by atoms with Gasteiger partial charge in [-0.2, -0.15) is 0 Å². The third-order valence-electron chi connectivity index (χ3n) is 2.13. The van der Waals surface area contributed by atoms with Gasteiger partial charge in [0.1, 0.15) is 0 Å². The normalized spacial score (nSPS) is 13.2. The van der Waals surface area contributed by atoms with Crippen LogP contribution in [0, 0.1) is 6.92 Å². The number of aromatic nitrogens is 1. The molecular formula is C10H14F2N2. The molecule has 0 spiro atoms. The number of rotatable bonds is 4. The van der Waals surface area contributed by atoms with E-state index in [1.54, 1.807) is 12.4 Å². The van der Waals surface area contributed by atoms with Gasteiger partial charge in [-0.25, -0.2) is 8.78 Å². The van der Waals surface area contributed by atoms with E-state index in [1.165, 1.54) is 6.92 Å². The maximum atomic E-state index is 12.2. The SMILES string of the molecule is Cc1cnccc1CNC(C)C(F)F. The predicted molar refractivity (Wildman–Crippen MR) is 51.3 cm³/mol. The summed E-state index contributed by atoms with van der Waals surface area (Å²) in [4.78, 5) is 3.93. The monoisotopic (exact) mass is 200 g/mol. The predicted octanol–water partition coefficient (Wildman–Crippen LogP) is 2.13. The molecule has 2 nitrogen and oxygen atoms in total. The fraction of sp³-hybridized carbons (Fsp3) is 0.500. The molecule has 0 fully saturated rings. The molecule has 0 aliphatic heterocycles. The van der Waals surface area contributed by atoms with E-state index >= 15 is 0 Å². The molecule has 1 heterocycles. The minimum absolute atomic E-state index is 0.458. The summed E-state index contributed by atoms with van der Waals surface area (Å²) in [5.41, 5.74) is 2.02. The van der Waals surface area contributed by atoms with Gasteiger partial charge in [0.05, 0.1) is 6.04 Å². The Kier molecular flexibility index (Phi) is 3.95. The second kappa shape index (κ2) is 5.00. The maximum absolute atomic E-state index is 12.2. The number of nitrogens with zero attached hydrogens (tertiary/aromatic N) is 1. The fourth-order valence-electron chi connectivity index (χ4n) is 1.06. The standard InChI is InChI=1S/C10H14F2N2/c1-7-5-13-4-3-9(7)6-14-8(2)10(11)12/h3-5,8,10,14H,6H2,1-2H3. The first-order valence-corrected chi connectivity index (χ1v) is 4.52. The summed E-state index contributed by atoms with van der Waals surface area (Å²) in [6.07, 6.45) is 1.07. The highest BCUT2D eigenvalue weighted by Gasteiger charge is 2.13. The van der Waals surface area contributed by atoms with Crippen molar-refractivity contribution in [1.82, 2.24) is 10.3 Å². The van der Waals surface area contributed by atoms with Crippen molar-refractivity contribution in [2.24, 2.45) is 0 Å². The number of nitrogens with one attached hydrogen (secondary N) is 1. The zero-order valence-electron chi connectivity index (χ0n) is 8.30. The van der Waals surface area contributed by atoms with E-state index in [0.29, 0.717) is 6.54 Å². The Labute approximate surface area is 82.4 Å². The van der Waals surface area contributed by atoms with Gasteiger partial charge in [-0.1, -0.05) is 0 Å². The van der Waals surface area contributed by atoms with Crippen LogP contribution in [-0.2, 0) is 6.54 Å². The van der Waals surface area contributed by atoms with E-state index in [-0.39, 0.29) is 0 Å². The van der Waals surface area contributed by atoms with Gasteiger partial charge in [0.2, 0.25) is 0 Å². The van der Waals surface area contributed by atoms with Crippen molar-refractivity contribution in [2.45, 2.75) is 32.9 Å². The van der Waals surface area contributed by atoms with Gasteiger partial charge in [-0.15, -0.1) is 0 Å². The summed E-state index contributed by atoms with van der Waals surface area (Å²) in [5, 5.41) is 2.76. The van der Waals surface area contributed by atoms with Gasteiger partial charge in [-0.05, 0) is 31.0 Å². The topological polar surface area (TPSA) is 24.9 Å². The molecule has 14 heavy (non-hydrogen) atoms. The molecule has 0 bridgehead atoms. The summed E-state index contributed by atoms with van der Waals surface area (Å²) in [7, 11) is 0. The highest BCUT2D eigenvalue weighted by atomic mass is 19.3. The van der Waals surface area contributed by atoms with Crippen LogP contribution in [-0.4, -0.2) is 17.5 Å². The quantitative estimate of drug-likeness (QED) is 0.805. The largest absolute Gasteiger partial charge is 0.305 e. The average molecular weight is 200 g/mol. The molecule has 1 N–H and O–H groups in total. The first kappa shape index (κ1) is 11.0. The van der Waals surface area contributed by atoms with E-state index in [1.807, 2.05) is 13.0 Å². The fourth-order valence-corrected chi connectivity index (χ4v) is 1.06. The Morgan fingerprint density at radius 3 is 2.79 bits per heavy atom. The van der Waals surface area contributed by atoms with Gasteiger partial charge in [0.25, 0.3) is 6.43 Å². The Hall–Kier alpha value is -1.03. The molecule has 0 aliphatic rings. The first-order valence-electron chi connectivity index (χ1n) is 4.52. The minimum atomic E-state index is -2.32. The van der Waals surface area contributed by atoms with Crippen LogP contribution < -0.4 is 5.32 Å². The van der Waals surface area contributed by atoms with Crippen molar-refractivity contribution in [3.05, 3.63) is 29.6 Å². The summed E-state index contributed by atoms with van der Waals surface area (Å²) in [5.74, 6) is 0. The molecule has 0 saturated carbocycles. The summed E-state index contributed by atoms with van der Waals surface area (Å²) in [6, 6.07) is 1.06. The molecule has 1 rings (SSSR count). The molecule has 78 valence electrons. The Bertz CT molecular complexity index is 289. The minimum Gasteiger partial charge on any atom is -0.305 e. The Balaban J connectivity index is 2.50. The van der Waals surface area contributed by atoms with Gasteiger partial charge in [0.15, 0.2) is 0 Å². The molecule has 0 saturated heterocycles. The zero-order valence-corrected chi connectivity index (χ0v) is 8.30. The highest BCUT2D eigenvalue weighted by molar-refractivity contribution is 5.21. The number of alkyl halides is 2. The smallest absolute Gasteiger partial charge is 0.253 e. The van der Waals surface area contributed by atoms with Crippen molar-refractivity contribution >= 4 is 0 Å². The van der Waals surface area contributed by atoms with Gasteiger partial charge >= 0.3 is 0 Å². The lowest BCUT2D eigenvalue weighted by molar-refractivity contribution is 0.105. The number of hydrogen-bond donors (Lipinski definition) is 1. The lowest BCUT2D eigenvalue weighted by atomic mass is 10.1. The van der Waals surface area contributed by atoms with Crippen molar-refractivity contribution in [3.8, 4) is 0 Å².